The summed E-state index contributed by atoms with van der Waals surface area (Å²) in [4.78, 5) is 2.57. The van der Waals surface area contributed by atoms with Crippen molar-refractivity contribution in [1.82, 2.24) is 4.90 Å². The van der Waals surface area contributed by atoms with Gasteiger partial charge in [-0.25, -0.2) is 0 Å². The first-order valence-electron chi connectivity index (χ1n) is 7.27. The molecule has 4 atom stereocenters. The minimum Gasteiger partial charge on any atom is -0.396 e. The molecule has 17 heavy (non-hydrogen) atoms. The lowest BCUT2D eigenvalue weighted by Crippen LogP contribution is -2.42. The van der Waals surface area contributed by atoms with Gasteiger partial charge >= 0.3 is 0 Å². The van der Waals surface area contributed by atoms with Crippen molar-refractivity contribution >= 4 is 0 Å². The smallest absolute Gasteiger partial charge is 0.0434 e. The van der Waals surface area contributed by atoms with Crippen LogP contribution in [0.5, 0.6) is 0 Å². The van der Waals surface area contributed by atoms with Crippen LogP contribution in [0, 0.1) is 17.8 Å². The molecule has 2 rings (SSSR count). The van der Waals surface area contributed by atoms with Gasteiger partial charge in [-0.2, -0.15) is 0 Å². The SMILES string of the molecule is CC1CCC(N)C(CN2CCC(CCO)C2)C1. The van der Waals surface area contributed by atoms with Crippen LogP contribution < -0.4 is 5.73 Å². The van der Waals surface area contributed by atoms with Crippen LogP contribution in [0.25, 0.3) is 0 Å². The van der Waals surface area contributed by atoms with E-state index in [9.17, 15) is 0 Å². The fourth-order valence-electron chi connectivity index (χ4n) is 3.56. The number of aliphatic hydroxyl groups is 1. The van der Waals surface area contributed by atoms with Gasteiger partial charge in [-0.15, -0.1) is 0 Å². The van der Waals surface area contributed by atoms with E-state index in [2.05, 4.69) is 11.8 Å². The van der Waals surface area contributed by atoms with Crippen LogP contribution in [0.1, 0.15) is 39.0 Å². The average Bonchev–Trinajstić information content (AvgIpc) is 2.72. The standard InChI is InChI=1S/C14H28N2O/c1-11-2-3-14(15)13(8-11)10-16-6-4-12(9-16)5-7-17/h11-14,17H,2-10,15H2,1H3. The van der Waals surface area contributed by atoms with Gasteiger partial charge in [0.15, 0.2) is 0 Å². The van der Waals surface area contributed by atoms with E-state index in [4.69, 9.17) is 10.8 Å². The number of nitrogens with two attached hydrogens (primary N) is 1. The molecule has 0 spiro atoms. The van der Waals surface area contributed by atoms with Gasteiger partial charge in [0.05, 0.1) is 0 Å². The van der Waals surface area contributed by atoms with Crippen molar-refractivity contribution in [2.75, 3.05) is 26.2 Å². The Bertz CT molecular complexity index is 234. The second-order valence-electron chi connectivity index (χ2n) is 6.27. The van der Waals surface area contributed by atoms with Gasteiger partial charge in [-0.05, 0) is 56.4 Å². The number of aliphatic hydroxyl groups excluding tert-OH is 1. The first kappa shape index (κ1) is 13.3. The number of hydrogen-bond acceptors (Lipinski definition) is 3. The minimum atomic E-state index is 0.346. The Balaban J connectivity index is 1.76. The molecule has 1 heterocycles. The maximum atomic E-state index is 8.97. The molecule has 1 aliphatic carbocycles. The molecule has 100 valence electrons. The predicted molar refractivity (Wildman–Crippen MR) is 70.7 cm³/mol. The topological polar surface area (TPSA) is 49.5 Å². The third-order valence-corrected chi connectivity index (χ3v) is 4.70. The van der Waals surface area contributed by atoms with Crippen molar-refractivity contribution in [1.29, 1.82) is 0 Å². The quantitative estimate of drug-likeness (QED) is 0.782. The molecule has 0 amide bonds. The van der Waals surface area contributed by atoms with Gasteiger partial charge in [0.25, 0.3) is 0 Å². The highest BCUT2D eigenvalue weighted by molar-refractivity contribution is 4.85. The average molecular weight is 240 g/mol. The summed E-state index contributed by atoms with van der Waals surface area (Å²) in [5, 5.41) is 8.97. The van der Waals surface area contributed by atoms with Gasteiger partial charge in [-0.3, -0.25) is 0 Å². The van der Waals surface area contributed by atoms with Crippen molar-refractivity contribution in [3.05, 3.63) is 0 Å². The highest BCUT2D eigenvalue weighted by atomic mass is 16.3. The Morgan fingerprint density at radius 2 is 2.12 bits per heavy atom. The third-order valence-electron chi connectivity index (χ3n) is 4.70. The van der Waals surface area contributed by atoms with Crippen LogP contribution in [0.3, 0.4) is 0 Å². The van der Waals surface area contributed by atoms with Crippen LogP contribution in [0.15, 0.2) is 0 Å². The molecule has 0 bridgehead atoms. The Morgan fingerprint density at radius 1 is 1.29 bits per heavy atom. The highest BCUT2D eigenvalue weighted by Gasteiger charge is 2.30. The van der Waals surface area contributed by atoms with E-state index >= 15 is 0 Å². The summed E-state index contributed by atoms with van der Waals surface area (Å²) in [7, 11) is 0. The molecule has 3 nitrogen and oxygen atoms in total. The molecule has 3 N–H and O–H groups in total. The Labute approximate surface area is 105 Å². The molecule has 1 saturated carbocycles. The first-order chi connectivity index (χ1) is 8.19. The highest BCUT2D eigenvalue weighted by Crippen LogP contribution is 2.30. The molecule has 0 aromatic heterocycles. The summed E-state index contributed by atoms with van der Waals surface area (Å²) < 4.78 is 0. The summed E-state index contributed by atoms with van der Waals surface area (Å²) in [5.74, 6) is 2.28. The van der Waals surface area contributed by atoms with Crippen LogP contribution in [0.2, 0.25) is 0 Å². The maximum Gasteiger partial charge on any atom is 0.0434 e. The van der Waals surface area contributed by atoms with E-state index in [1.165, 1.54) is 45.3 Å². The molecule has 4 unspecified atom stereocenters. The number of hydrogen-bond donors (Lipinski definition) is 2. The van der Waals surface area contributed by atoms with Crippen LogP contribution in [-0.2, 0) is 0 Å². The zero-order valence-electron chi connectivity index (χ0n) is 11.1. The summed E-state index contributed by atoms with van der Waals surface area (Å²) in [6.45, 7) is 6.28. The van der Waals surface area contributed by atoms with Crippen molar-refractivity contribution in [2.24, 2.45) is 23.5 Å². The van der Waals surface area contributed by atoms with Crippen molar-refractivity contribution < 1.29 is 5.11 Å². The Hall–Kier alpha value is -0.120. The Kier molecular flexibility index (Phi) is 4.83. The summed E-state index contributed by atoms with van der Waals surface area (Å²) in [6.07, 6.45) is 6.06. The first-order valence-corrected chi connectivity index (χ1v) is 7.27. The lowest BCUT2D eigenvalue weighted by Gasteiger charge is -2.35. The second-order valence-corrected chi connectivity index (χ2v) is 6.27. The van der Waals surface area contributed by atoms with Gasteiger partial charge in [0.1, 0.15) is 0 Å². The van der Waals surface area contributed by atoms with E-state index in [-0.39, 0.29) is 0 Å². The number of likely N-dealkylation sites (tertiary alicyclic amines) is 1. The van der Waals surface area contributed by atoms with Crippen LogP contribution in [-0.4, -0.2) is 42.3 Å². The summed E-state index contributed by atoms with van der Waals surface area (Å²) >= 11 is 0. The molecular formula is C14H28N2O. The van der Waals surface area contributed by atoms with Crippen molar-refractivity contribution in [3.63, 3.8) is 0 Å². The normalized spacial score (nSPS) is 39.7. The third kappa shape index (κ3) is 3.67. The fourth-order valence-corrected chi connectivity index (χ4v) is 3.56. The van der Waals surface area contributed by atoms with Crippen LogP contribution >= 0.6 is 0 Å². The molecular weight excluding hydrogens is 212 g/mol. The summed E-state index contributed by atoms with van der Waals surface area (Å²) in [5.41, 5.74) is 6.25. The lowest BCUT2D eigenvalue weighted by atomic mass is 9.79. The van der Waals surface area contributed by atoms with Crippen LogP contribution in [0.4, 0.5) is 0 Å². The molecule has 2 fully saturated rings. The van der Waals surface area contributed by atoms with Gasteiger partial charge in [0.2, 0.25) is 0 Å². The lowest BCUT2D eigenvalue weighted by molar-refractivity contribution is 0.174. The Morgan fingerprint density at radius 3 is 2.88 bits per heavy atom. The molecule has 0 aromatic carbocycles. The van der Waals surface area contributed by atoms with E-state index in [0.717, 1.165) is 18.3 Å². The fraction of sp³-hybridized carbons (Fsp3) is 1.00. The molecule has 0 aromatic rings. The number of nitrogens with zero attached hydrogens (tertiary/aromatic N) is 1. The molecule has 0 radical (unpaired) electrons. The van der Waals surface area contributed by atoms with E-state index in [1.54, 1.807) is 0 Å². The molecule has 3 heteroatoms. The van der Waals surface area contributed by atoms with Crippen molar-refractivity contribution in [3.8, 4) is 0 Å². The second kappa shape index (κ2) is 6.17. The molecule has 1 saturated heterocycles. The maximum absolute atomic E-state index is 8.97. The van der Waals surface area contributed by atoms with Gasteiger partial charge < -0.3 is 15.7 Å². The van der Waals surface area contributed by atoms with E-state index in [1.807, 2.05) is 0 Å². The van der Waals surface area contributed by atoms with E-state index < -0.39 is 0 Å². The monoisotopic (exact) mass is 240 g/mol. The van der Waals surface area contributed by atoms with E-state index in [0.29, 0.717) is 18.6 Å². The molecule has 2 aliphatic rings. The summed E-state index contributed by atoms with van der Waals surface area (Å²) in [6, 6.07) is 0.420. The van der Waals surface area contributed by atoms with Gasteiger partial charge in [0, 0.05) is 25.7 Å². The largest absolute Gasteiger partial charge is 0.396 e. The predicted octanol–water partition coefficient (Wildman–Crippen LogP) is 1.45. The minimum absolute atomic E-state index is 0.346. The molecule has 1 aliphatic heterocycles. The zero-order chi connectivity index (χ0) is 12.3. The zero-order valence-corrected chi connectivity index (χ0v) is 11.1. The van der Waals surface area contributed by atoms with Gasteiger partial charge in [-0.1, -0.05) is 6.92 Å². The van der Waals surface area contributed by atoms with Crippen molar-refractivity contribution in [2.45, 2.75) is 45.1 Å². The number of rotatable bonds is 4.